The highest BCUT2D eigenvalue weighted by atomic mass is 35.5. The van der Waals surface area contributed by atoms with E-state index in [4.69, 9.17) is 11.6 Å². The maximum atomic E-state index is 13.1. The van der Waals surface area contributed by atoms with Crippen LogP contribution in [-0.2, 0) is 0 Å². The topological polar surface area (TPSA) is 29.1 Å². The van der Waals surface area contributed by atoms with Crippen LogP contribution in [0.25, 0.3) is 0 Å². The lowest BCUT2D eigenvalue weighted by Gasteiger charge is -2.23. The van der Waals surface area contributed by atoms with Gasteiger partial charge in [0.05, 0.1) is 10.6 Å². The molecule has 74 valence electrons. The molecule has 0 amide bonds. The van der Waals surface area contributed by atoms with Crippen molar-refractivity contribution in [3.63, 3.8) is 0 Å². The number of halogens is 2. The second kappa shape index (κ2) is 3.24. The Labute approximate surface area is 86.1 Å². The van der Waals surface area contributed by atoms with E-state index < -0.39 is 5.82 Å². The van der Waals surface area contributed by atoms with Crippen LogP contribution in [0.4, 0.5) is 10.1 Å². The molecular weight excluding hydrogens is 205 g/mol. The van der Waals surface area contributed by atoms with Crippen LogP contribution in [0, 0.1) is 5.82 Å². The quantitative estimate of drug-likeness (QED) is 0.718. The number of hydrogen-bond donors (Lipinski definition) is 1. The predicted molar refractivity (Wildman–Crippen MR) is 53.4 cm³/mol. The number of fused-ring (bicyclic) bond motifs is 1. The van der Waals surface area contributed by atoms with Gasteiger partial charge in [-0.3, -0.25) is 4.79 Å². The summed E-state index contributed by atoms with van der Waals surface area (Å²) in [7, 11) is 0. The van der Waals surface area contributed by atoms with E-state index in [9.17, 15) is 9.18 Å². The zero-order chi connectivity index (χ0) is 10.3. The summed E-state index contributed by atoms with van der Waals surface area (Å²) >= 11 is 5.72. The van der Waals surface area contributed by atoms with Crippen molar-refractivity contribution in [2.24, 2.45) is 0 Å². The lowest BCUT2D eigenvalue weighted by atomic mass is 9.97. The average molecular weight is 214 g/mol. The Morgan fingerprint density at radius 1 is 1.57 bits per heavy atom. The molecule has 0 bridgehead atoms. The third-order valence-corrected chi connectivity index (χ3v) is 2.64. The summed E-state index contributed by atoms with van der Waals surface area (Å²) in [5, 5.41) is 3.01. The van der Waals surface area contributed by atoms with Crippen molar-refractivity contribution >= 4 is 23.1 Å². The molecule has 2 nitrogen and oxygen atoms in total. The number of nitrogens with one attached hydrogen (secondary N) is 1. The van der Waals surface area contributed by atoms with Gasteiger partial charge in [-0.15, -0.1) is 0 Å². The Balaban J connectivity index is 2.60. The molecule has 1 aliphatic rings. The normalized spacial score (nSPS) is 20.2. The number of Topliss-reactive ketones (excluding diaryl/α,β-unsaturated/α-hetero) is 1. The Morgan fingerprint density at radius 3 is 3.00 bits per heavy atom. The molecule has 1 N–H and O–H groups in total. The fourth-order valence-electron chi connectivity index (χ4n) is 1.64. The van der Waals surface area contributed by atoms with Crippen molar-refractivity contribution in [2.75, 3.05) is 5.32 Å². The number of carbonyl (C=O) groups is 1. The van der Waals surface area contributed by atoms with Crippen LogP contribution in [0.3, 0.4) is 0 Å². The second-order valence-corrected chi connectivity index (χ2v) is 3.83. The van der Waals surface area contributed by atoms with Crippen molar-refractivity contribution in [1.29, 1.82) is 0 Å². The molecule has 1 atom stereocenters. The fourth-order valence-corrected chi connectivity index (χ4v) is 1.91. The molecule has 4 heteroatoms. The number of benzene rings is 1. The highest BCUT2D eigenvalue weighted by Gasteiger charge is 2.25. The molecule has 0 aromatic heterocycles. The largest absolute Gasteiger partial charge is 0.381 e. The third-order valence-electron chi connectivity index (χ3n) is 2.27. The highest BCUT2D eigenvalue weighted by molar-refractivity contribution is 6.35. The van der Waals surface area contributed by atoms with Crippen LogP contribution in [0.5, 0.6) is 0 Å². The highest BCUT2D eigenvalue weighted by Crippen LogP contribution is 2.32. The fraction of sp³-hybridized carbons (Fsp3) is 0.300. The van der Waals surface area contributed by atoms with Gasteiger partial charge < -0.3 is 5.32 Å². The summed E-state index contributed by atoms with van der Waals surface area (Å²) in [6, 6.07) is 2.89. The molecular formula is C10H9ClFNO. The number of rotatable bonds is 0. The molecule has 14 heavy (non-hydrogen) atoms. The van der Waals surface area contributed by atoms with Crippen LogP contribution in [0.2, 0.25) is 5.02 Å². The smallest absolute Gasteiger partial charge is 0.168 e. The maximum Gasteiger partial charge on any atom is 0.168 e. The van der Waals surface area contributed by atoms with E-state index in [1.165, 1.54) is 6.07 Å². The molecule has 0 aliphatic carbocycles. The van der Waals surface area contributed by atoms with Gasteiger partial charge in [-0.25, -0.2) is 4.39 Å². The van der Waals surface area contributed by atoms with Crippen LogP contribution in [0.15, 0.2) is 12.1 Å². The molecule has 0 spiro atoms. The Morgan fingerprint density at radius 2 is 2.29 bits per heavy atom. The molecule has 0 saturated carbocycles. The Kier molecular flexibility index (Phi) is 2.19. The molecule has 0 fully saturated rings. The Bertz CT molecular complexity index is 405. The van der Waals surface area contributed by atoms with E-state index >= 15 is 0 Å². The van der Waals surface area contributed by atoms with E-state index in [0.29, 0.717) is 12.1 Å². The third kappa shape index (κ3) is 1.38. The van der Waals surface area contributed by atoms with Crippen molar-refractivity contribution < 1.29 is 9.18 Å². The number of ketones is 1. The minimum absolute atomic E-state index is 0.0769. The van der Waals surface area contributed by atoms with Crippen LogP contribution < -0.4 is 5.32 Å². The van der Waals surface area contributed by atoms with Crippen molar-refractivity contribution in [2.45, 2.75) is 19.4 Å². The summed E-state index contributed by atoms with van der Waals surface area (Å²) in [5.74, 6) is -0.647. The van der Waals surface area contributed by atoms with E-state index in [0.717, 1.165) is 0 Å². The van der Waals surface area contributed by atoms with E-state index in [-0.39, 0.29) is 22.4 Å². The van der Waals surface area contributed by atoms with Crippen molar-refractivity contribution in [3.8, 4) is 0 Å². The molecule has 0 radical (unpaired) electrons. The van der Waals surface area contributed by atoms with Gasteiger partial charge in [0.25, 0.3) is 0 Å². The molecule has 1 heterocycles. The minimum atomic E-state index is -0.546. The number of carbonyl (C=O) groups excluding carboxylic acids is 1. The van der Waals surface area contributed by atoms with Gasteiger partial charge in [0, 0.05) is 18.2 Å². The van der Waals surface area contributed by atoms with Gasteiger partial charge in [0.1, 0.15) is 5.82 Å². The van der Waals surface area contributed by atoms with Gasteiger partial charge >= 0.3 is 0 Å². The van der Waals surface area contributed by atoms with Crippen LogP contribution in [-0.4, -0.2) is 11.8 Å². The first-order chi connectivity index (χ1) is 6.59. The lowest BCUT2D eigenvalue weighted by Crippen LogP contribution is -2.27. The van der Waals surface area contributed by atoms with E-state index in [2.05, 4.69) is 5.32 Å². The first-order valence-corrected chi connectivity index (χ1v) is 4.75. The molecule has 1 aromatic carbocycles. The van der Waals surface area contributed by atoms with Crippen molar-refractivity contribution in [1.82, 2.24) is 0 Å². The van der Waals surface area contributed by atoms with Crippen molar-refractivity contribution in [3.05, 3.63) is 28.5 Å². The number of anilines is 1. The first kappa shape index (κ1) is 9.46. The molecule has 1 aliphatic heterocycles. The molecule has 1 unspecified atom stereocenters. The standard InChI is InChI=1S/C10H9ClFNO/c1-5-4-8(14)9-7(13-5)3-2-6(12)10(9)11/h2-3,5,13H,4H2,1H3. The zero-order valence-electron chi connectivity index (χ0n) is 7.60. The predicted octanol–water partition coefficient (Wildman–Crippen LogP) is 2.87. The number of hydrogen-bond acceptors (Lipinski definition) is 2. The van der Waals surface area contributed by atoms with Gasteiger partial charge in [-0.05, 0) is 19.1 Å². The summed E-state index contributed by atoms with van der Waals surface area (Å²) in [6.45, 7) is 1.90. The maximum absolute atomic E-state index is 13.1. The minimum Gasteiger partial charge on any atom is -0.381 e. The first-order valence-electron chi connectivity index (χ1n) is 4.37. The van der Waals surface area contributed by atoms with Crippen LogP contribution >= 0.6 is 11.6 Å². The van der Waals surface area contributed by atoms with Gasteiger partial charge in [0.2, 0.25) is 0 Å². The molecule has 0 saturated heterocycles. The average Bonchev–Trinajstić information content (AvgIpc) is 2.10. The van der Waals surface area contributed by atoms with E-state index in [1.54, 1.807) is 6.07 Å². The van der Waals surface area contributed by atoms with Gasteiger partial charge in [0.15, 0.2) is 5.78 Å². The monoisotopic (exact) mass is 213 g/mol. The lowest BCUT2D eigenvalue weighted by molar-refractivity contribution is 0.0974. The van der Waals surface area contributed by atoms with Gasteiger partial charge in [-0.1, -0.05) is 11.6 Å². The SMILES string of the molecule is CC1CC(=O)c2c(ccc(F)c2Cl)N1. The summed E-state index contributed by atoms with van der Waals surface area (Å²) in [4.78, 5) is 11.6. The summed E-state index contributed by atoms with van der Waals surface area (Å²) in [6.07, 6.45) is 0.357. The summed E-state index contributed by atoms with van der Waals surface area (Å²) in [5.41, 5.74) is 0.907. The second-order valence-electron chi connectivity index (χ2n) is 3.46. The van der Waals surface area contributed by atoms with Gasteiger partial charge in [-0.2, -0.15) is 0 Å². The molecule has 1 aromatic rings. The van der Waals surface area contributed by atoms with Crippen LogP contribution in [0.1, 0.15) is 23.7 Å². The zero-order valence-corrected chi connectivity index (χ0v) is 8.36. The Hall–Kier alpha value is -1.09. The van der Waals surface area contributed by atoms with E-state index in [1.807, 2.05) is 6.92 Å². The summed E-state index contributed by atoms with van der Waals surface area (Å²) < 4.78 is 13.1. The molecule has 2 rings (SSSR count).